The first-order chi connectivity index (χ1) is 17.2. The van der Waals surface area contributed by atoms with Gasteiger partial charge in [-0.05, 0) is 78.1 Å². The number of aliphatic imine (C=N–C) groups is 1. The van der Waals surface area contributed by atoms with E-state index in [2.05, 4.69) is 32.0 Å². The third kappa shape index (κ3) is 3.87. The van der Waals surface area contributed by atoms with E-state index in [4.69, 9.17) is 9.41 Å². The lowest BCUT2D eigenvalue weighted by molar-refractivity contribution is -0.133. The highest BCUT2D eigenvalue weighted by atomic mass is 19.4. The lowest BCUT2D eigenvalue weighted by Crippen LogP contribution is -2.09. The number of nitrogens with zero attached hydrogens (tertiary/aromatic N) is 1. The zero-order valence-corrected chi connectivity index (χ0v) is 20.5. The van der Waals surface area contributed by atoms with Gasteiger partial charge in [-0.3, -0.25) is 0 Å². The summed E-state index contributed by atoms with van der Waals surface area (Å²) in [7, 11) is 0. The van der Waals surface area contributed by atoms with E-state index in [1.807, 2.05) is 49.4 Å². The number of benzene rings is 4. The number of alkyl halides is 3. The molecule has 0 aliphatic carbocycles. The molecule has 4 aromatic carbocycles. The maximum atomic E-state index is 13.1. The molecular formula is C31H26F3NO. The molecule has 0 radical (unpaired) electrons. The van der Waals surface area contributed by atoms with Crippen LogP contribution in [-0.4, -0.2) is 11.9 Å². The Bertz CT molecular complexity index is 1690. The van der Waals surface area contributed by atoms with E-state index in [0.29, 0.717) is 11.5 Å². The van der Waals surface area contributed by atoms with Gasteiger partial charge >= 0.3 is 6.18 Å². The molecule has 0 atom stereocenters. The molecule has 2 nitrogen and oxygen atoms in total. The Balaban J connectivity index is 1.59. The summed E-state index contributed by atoms with van der Waals surface area (Å²) in [5.74, 6) is 0.425. The van der Waals surface area contributed by atoms with E-state index in [9.17, 15) is 13.2 Å². The topological polar surface area (TPSA) is 25.5 Å². The van der Waals surface area contributed by atoms with Gasteiger partial charge in [-0.1, -0.05) is 44.2 Å². The second kappa shape index (κ2) is 8.22. The molecule has 5 heteroatoms. The number of rotatable bonds is 5. The number of aryl methyl sites for hydroxylation is 2. The zero-order valence-electron chi connectivity index (χ0n) is 20.5. The van der Waals surface area contributed by atoms with Gasteiger partial charge in [0.15, 0.2) is 0 Å². The van der Waals surface area contributed by atoms with E-state index in [1.54, 1.807) is 0 Å². The Kier molecular flexibility index (Phi) is 5.22. The molecule has 6 rings (SSSR count). The third-order valence-electron chi connectivity index (χ3n) is 6.93. The van der Waals surface area contributed by atoms with Crippen LogP contribution in [0.15, 0.2) is 70.1 Å². The summed E-state index contributed by atoms with van der Waals surface area (Å²) in [5.41, 5.74) is 7.84. The summed E-state index contributed by atoms with van der Waals surface area (Å²) in [4.78, 5) is 5.03. The summed E-state index contributed by atoms with van der Waals surface area (Å²) in [6.07, 6.45) is -4.25. The molecule has 36 heavy (non-hydrogen) atoms. The van der Waals surface area contributed by atoms with Crippen LogP contribution in [0.1, 0.15) is 48.1 Å². The van der Waals surface area contributed by atoms with Gasteiger partial charge in [0, 0.05) is 33.7 Å². The van der Waals surface area contributed by atoms with E-state index in [-0.39, 0.29) is 6.42 Å². The van der Waals surface area contributed by atoms with Crippen molar-refractivity contribution < 1.29 is 17.6 Å². The Hall–Kier alpha value is -3.60. The Morgan fingerprint density at radius 1 is 0.889 bits per heavy atom. The smallest absolute Gasteiger partial charge is 0.389 e. The Labute approximate surface area is 207 Å². The van der Waals surface area contributed by atoms with Crippen molar-refractivity contribution in [2.75, 3.05) is 0 Å². The number of fused-ring (bicyclic) bond motifs is 3. The fraction of sp³-hybridized carbons (Fsp3) is 0.258. The lowest BCUT2D eigenvalue weighted by atomic mass is 9.89. The minimum Gasteiger partial charge on any atom is -0.455 e. The predicted molar refractivity (Wildman–Crippen MR) is 141 cm³/mol. The van der Waals surface area contributed by atoms with E-state index in [0.717, 1.165) is 72.8 Å². The maximum Gasteiger partial charge on any atom is 0.389 e. The molecule has 0 unspecified atom stereocenters. The van der Waals surface area contributed by atoms with Gasteiger partial charge in [0.05, 0.1) is 11.4 Å². The fourth-order valence-electron chi connectivity index (χ4n) is 5.45. The molecule has 0 amide bonds. The molecule has 0 bridgehead atoms. The van der Waals surface area contributed by atoms with Crippen LogP contribution in [0.5, 0.6) is 0 Å². The molecule has 5 aromatic rings. The second-order valence-corrected chi connectivity index (χ2v) is 10.3. The number of para-hydroxylation sites is 1. The van der Waals surface area contributed by atoms with Crippen LogP contribution in [-0.2, 0) is 12.8 Å². The summed E-state index contributed by atoms with van der Waals surface area (Å²) >= 11 is 0. The number of hydrogen-bond donors (Lipinski definition) is 0. The van der Waals surface area contributed by atoms with Crippen LogP contribution < -0.4 is 0 Å². The molecule has 182 valence electrons. The van der Waals surface area contributed by atoms with Crippen molar-refractivity contribution >= 4 is 44.1 Å². The molecule has 1 aromatic heterocycles. The van der Waals surface area contributed by atoms with Crippen molar-refractivity contribution in [3.8, 4) is 0 Å². The highest BCUT2D eigenvalue weighted by molar-refractivity contribution is 6.30. The first kappa shape index (κ1) is 22.8. The van der Waals surface area contributed by atoms with Crippen molar-refractivity contribution in [3.63, 3.8) is 0 Å². The molecular weight excluding hydrogens is 459 g/mol. The molecule has 0 saturated heterocycles. The van der Waals surface area contributed by atoms with Crippen molar-refractivity contribution in [1.82, 2.24) is 0 Å². The van der Waals surface area contributed by atoms with Gasteiger partial charge in [0.1, 0.15) is 11.2 Å². The summed E-state index contributed by atoms with van der Waals surface area (Å²) < 4.78 is 45.7. The van der Waals surface area contributed by atoms with Crippen molar-refractivity contribution in [2.45, 2.75) is 46.2 Å². The average Bonchev–Trinajstić information content (AvgIpc) is 3.37. The first-order valence-electron chi connectivity index (χ1n) is 12.3. The Morgan fingerprint density at radius 3 is 2.47 bits per heavy atom. The molecule has 0 saturated carbocycles. The normalized spacial score (nSPS) is 13.5. The first-order valence-corrected chi connectivity index (χ1v) is 12.3. The summed E-state index contributed by atoms with van der Waals surface area (Å²) in [5, 5.41) is 4.08. The van der Waals surface area contributed by atoms with Crippen molar-refractivity contribution in [3.05, 3.63) is 88.5 Å². The van der Waals surface area contributed by atoms with Crippen LogP contribution in [0.2, 0.25) is 0 Å². The number of halogens is 3. The molecule has 1 aliphatic rings. The summed E-state index contributed by atoms with van der Waals surface area (Å²) in [6.45, 7) is 6.35. The van der Waals surface area contributed by atoms with Crippen molar-refractivity contribution in [2.24, 2.45) is 10.9 Å². The highest BCUT2D eigenvalue weighted by Crippen LogP contribution is 2.43. The van der Waals surface area contributed by atoms with Crippen LogP contribution >= 0.6 is 0 Å². The van der Waals surface area contributed by atoms with Crippen molar-refractivity contribution in [1.29, 1.82) is 0 Å². The van der Waals surface area contributed by atoms with Gasteiger partial charge in [0.25, 0.3) is 0 Å². The molecule has 0 N–H and O–H groups in total. The van der Waals surface area contributed by atoms with Gasteiger partial charge in [-0.2, -0.15) is 13.2 Å². The zero-order chi connectivity index (χ0) is 25.2. The number of furan rings is 1. The monoisotopic (exact) mass is 485 g/mol. The fourth-order valence-corrected chi connectivity index (χ4v) is 5.45. The SMILES string of the molecule is Cc1cc(C2=Nc3ccc(CC(C)C)c4cc(CCC(F)(F)F)cc2c34)c2oc3ccccc3c2c1. The largest absolute Gasteiger partial charge is 0.455 e. The van der Waals surface area contributed by atoms with E-state index < -0.39 is 12.6 Å². The Morgan fingerprint density at radius 2 is 1.69 bits per heavy atom. The standard InChI is InChI=1S/C31H26F3NO/c1-17(2)12-20-8-9-26-28-22(20)15-19(10-11-31(32,33)34)16-24(28)29(35-26)25-14-18(3)13-23-21-6-4-5-7-27(21)36-30(23)25/h4-9,13-17H,10-12H2,1-3H3. The third-order valence-corrected chi connectivity index (χ3v) is 6.93. The van der Waals surface area contributed by atoms with Gasteiger partial charge in [-0.15, -0.1) is 0 Å². The number of hydrogen-bond acceptors (Lipinski definition) is 2. The molecule has 0 fully saturated rings. The van der Waals surface area contributed by atoms with Gasteiger partial charge in [0.2, 0.25) is 0 Å². The second-order valence-electron chi connectivity index (χ2n) is 10.3. The van der Waals surface area contributed by atoms with Gasteiger partial charge < -0.3 is 4.42 Å². The molecule has 2 heterocycles. The van der Waals surface area contributed by atoms with Crippen LogP contribution in [0.3, 0.4) is 0 Å². The minimum atomic E-state index is -4.20. The summed E-state index contributed by atoms with van der Waals surface area (Å²) in [6, 6.07) is 20.1. The van der Waals surface area contributed by atoms with E-state index in [1.165, 1.54) is 0 Å². The van der Waals surface area contributed by atoms with Gasteiger partial charge in [-0.25, -0.2) is 4.99 Å². The van der Waals surface area contributed by atoms with Crippen LogP contribution in [0.4, 0.5) is 18.9 Å². The minimum absolute atomic E-state index is 0.0566. The average molecular weight is 486 g/mol. The molecule has 1 aliphatic heterocycles. The van der Waals surface area contributed by atoms with Crippen LogP contribution in [0, 0.1) is 12.8 Å². The molecule has 0 spiro atoms. The quantitative estimate of drug-likeness (QED) is 0.239. The van der Waals surface area contributed by atoms with E-state index >= 15 is 0 Å². The highest BCUT2D eigenvalue weighted by Gasteiger charge is 2.29. The van der Waals surface area contributed by atoms with Crippen LogP contribution in [0.25, 0.3) is 32.7 Å². The lowest BCUT2D eigenvalue weighted by Gasteiger charge is -2.14. The predicted octanol–water partition coefficient (Wildman–Crippen LogP) is 9.22. The maximum absolute atomic E-state index is 13.1.